The summed E-state index contributed by atoms with van der Waals surface area (Å²) in [5, 5.41) is 12.4. The minimum atomic E-state index is -0.315. The maximum absolute atomic E-state index is 12.2. The van der Waals surface area contributed by atoms with Crippen LogP contribution in [0.15, 0.2) is 30.3 Å². The van der Waals surface area contributed by atoms with Crippen LogP contribution in [0.3, 0.4) is 0 Å². The number of nitrogens with two attached hydrogens (primary N) is 1. The lowest BCUT2D eigenvalue weighted by Gasteiger charge is -2.27. The SMILES string of the molecule is NC1CCC(C(=O)NC(CO)c2ccccc2)CC1. The summed E-state index contributed by atoms with van der Waals surface area (Å²) in [7, 11) is 0. The maximum Gasteiger partial charge on any atom is 0.223 e. The highest BCUT2D eigenvalue weighted by Crippen LogP contribution is 2.24. The highest BCUT2D eigenvalue weighted by molar-refractivity contribution is 5.79. The van der Waals surface area contributed by atoms with E-state index in [4.69, 9.17) is 5.73 Å². The highest BCUT2D eigenvalue weighted by atomic mass is 16.3. The standard InChI is InChI=1S/C15H22N2O2/c16-13-8-6-12(7-9-13)15(19)17-14(10-18)11-4-2-1-3-5-11/h1-5,12-14,18H,6-10,16H2,(H,17,19). The molecule has 0 spiro atoms. The van der Waals surface area contributed by atoms with Crippen LogP contribution in [0.2, 0.25) is 0 Å². The fourth-order valence-electron chi connectivity index (χ4n) is 2.59. The van der Waals surface area contributed by atoms with Gasteiger partial charge in [0.15, 0.2) is 0 Å². The molecule has 1 aliphatic rings. The van der Waals surface area contributed by atoms with Gasteiger partial charge in [0.25, 0.3) is 0 Å². The molecule has 4 nitrogen and oxygen atoms in total. The van der Waals surface area contributed by atoms with E-state index in [1.807, 2.05) is 30.3 Å². The lowest BCUT2D eigenvalue weighted by Crippen LogP contribution is -2.39. The average molecular weight is 262 g/mol. The van der Waals surface area contributed by atoms with Crippen LogP contribution in [-0.2, 0) is 4.79 Å². The van der Waals surface area contributed by atoms with E-state index in [0.29, 0.717) is 0 Å². The first-order chi connectivity index (χ1) is 9.20. The number of carbonyl (C=O) groups is 1. The van der Waals surface area contributed by atoms with Gasteiger partial charge in [0, 0.05) is 12.0 Å². The van der Waals surface area contributed by atoms with E-state index in [2.05, 4.69) is 5.32 Å². The zero-order chi connectivity index (χ0) is 13.7. The Morgan fingerprint density at radius 2 is 1.89 bits per heavy atom. The van der Waals surface area contributed by atoms with Crippen molar-refractivity contribution < 1.29 is 9.90 Å². The lowest BCUT2D eigenvalue weighted by atomic mass is 9.85. The Hall–Kier alpha value is -1.39. The second kappa shape index (κ2) is 6.68. The van der Waals surface area contributed by atoms with Crippen molar-refractivity contribution in [3.8, 4) is 0 Å². The molecule has 2 rings (SSSR count). The van der Waals surface area contributed by atoms with Gasteiger partial charge in [0.1, 0.15) is 0 Å². The third kappa shape index (κ3) is 3.78. The maximum atomic E-state index is 12.2. The molecule has 4 N–H and O–H groups in total. The van der Waals surface area contributed by atoms with Crippen LogP contribution in [0.4, 0.5) is 0 Å². The zero-order valence-electron chi connectivity index (χ0n) is 11.1. The number of amides is 1. The highest BCUT2D eigenvalue weighted by Gasteiger charge is 2.26. The third-order valence-corrected chi connectivity index (χ3v) is 3.84. The van der Waals surface area contributed by atoms with Crippen molar-refractivity contribution in [1.29, 1.82) is 0 Å². The van der Waals surface area contributed by atoms with Gasteiger partial charge < -0.3 is 16.2 Å². The number of nitrogens with one attached hydrogen (secondary N) is 1. The normalized spacial score (nSPS) is 24.7. The molecule has 0 radical (unpaired) electrons. The van der Waals surface area contributed by atoms with Crippen LogP contribution < -0.4 is 11.1 Å². The summed E-state index contributed by atoms with van der Waals surface area (Å²) >= 11 is 0. The largest absolute Gasteiger partial charge is 0.394 e. The molecule has 0 aromatic heterocycles. The zero-order valence-corrected chi connectivity index (χ0v) is 11.1. The summed E-state index contributed by atoms with van der Waals surface area (Å²) in [4.78, 5) is 12.2. The summed E-state index contributed by atoms with van der Waals surface area (Å²) in [5.74, 6) is 0.0763. The van der Waals surface area contributed by atoms with Crippen LogP contribution in [0.1, 0.15) is 37.3 Å². The molecule has 1 aromatic carbocycles. The molecule has 0 heterocycles. The van der Waals surface area contributed by atoms with Gasteiger partial charge in [-0.05, 0) is 31.2 Å². The average Bonchev–Trinajstić information content (AvgIpc) is 2.46. The van der Waals surface area contributed by atoms with Crippen molar-refractivity contribution in [3.05, 3.63) is 35.9 Å². The van der Waals surface area contributed by atoms with Gasteiger partial charge in [0.05, 0.1) is 12.6 Å². The molecule has 1 saturated carbocycles. The predicted octanol–water partition coefficient (Wildman–Crippen LogP) is 1.35. The molecule has 1 fully saturated rings. The molecule has 1 atom stereocenters. The van der Waals surface area contributed by atoms with E-state index in [1.165, 1.54) is 0 Å². The number of benzene rings is 1. The molecule has 0 bridgehead atoms. The number of hydrogen-bond donors (Lipinski definition) is 3. The smallest absolute Gasteiger partial charge is 0.223 e. The number of aliphatic hydroxyl groups excluding tert-OH is 1. The molecular weight excluding hydrogens is 240 g/mol. The molecular formula is C15H22N2O2. The Bertz CT molecular complexity index is 400. The van der Waals surface area contributed by atoms with E-state index in [-0.39, 0.29) is 30.5 Å². The van der Waals surface area contributed by atoms with E-state index < -0.39 is 0 Å². The van der Waals surface area contributed by atoms with Crippen molar-refractivity contribution in [2.45, 2.75) is 37.8 Å². The molecule has 0 aliphatic heterocycles. The Kier molecular flexibility index (Phi) is 4.93. The monoisotopic (exact) mass is 262 g/mol. The van der Waals surface area contributed by atoms with Crippen LogP contribution in [-0.4, -0.2) is 23.7 Å². The number of hydrogen-bond acceptors (Lipinski definition) is 3. The topological polar surface area (TPSA) is 75.4 Å². The molecule has 19 heavy (non-hydrogen) atoms. The molecule has 4 heteroatoms. The van der Waals surface area contributed by atoms with E-state index in [1.54, 1.807) is 0 Å². The van der Waals surface area contributed by atoms with Crippen molar-refractivity contribution in [1.82, 2.24) is 5.32 Å². The van der Waals surface area contributed by atoms with Crippen LogP contribution in [0.5, 0.6) is 0 Å². The third-order valence-electron chi connectivity index (χ3n) is 3.84. The molecule has 104 valence electrons. The molecule has 1 unspecified atom stereocenters. The summed E-state index contributed by atoms with van der Waals surface area (Å²) < 4.78 is 0. The van der Waals surface area contributed by atoms with Gasteiger partial charge in [-0.25, -0.2) is 0 Å². The minimum absolute atomic E-state index is 0.0369. The first-order valence-electron chi connectivity index (χ1n) is 6.92. The summed E-state index contributed by atoms with van der Waals surface area (Å²) in [6.45, 7) is -0.0814. The Morgan fingerprint density at radius 1 is 1.26 bits per heavy atom. The fraction of sp³-hybridized carbons (Fsp3) is 0.533. The number of rotatable bonds is 4. The second-order valence-corrected chi connectivity index (χ2v) is 5.27. The lowest BCUT2D eigenvalue weighted by molar-refractivity contribution is -0.127. The molecule has 1 aliphatic carbocycles. The molecule has 1 aromatic rings. The second-order valence-electron chi connectivity index (χ2n) is 5.27. The Morgan fingerprint density at radius 3 is 2.47 bits per heavy atom. The van der Waals surface area contributed by atoms with Gasteiger partial charge in [0.2, 0.25) is 5.91 Å². The molecule has 0 saturated heterocycles. The van der Waals surface area contributed by atoms with Gasteiger partial charge in [-0.15, -0.1) is 0 Å². The van der Waals surface area contributed by atoms with Gasteiger partial charge in [-0.1, -0.05) is 30.3 Å². The first kappa shape index (κ1) is 14.0. The van der Waals surface area contributed by atoms with E-state index in [9.17, 15) is 9.90 Å². The summed E-state index contributed by atoms with van der Waals surface area (Å²) in [6, 6.07) is 9.49. The van der Waals surface area contributed by atoms with Crippen LogP contribution >= 0.6 is 0 Å². The minimum Gasteiger partial charge on any atom is -0.394 e. The fourth-order valence-corrected chi connectivity index (χ4v) is 2.59. The first-order valence-corrected chi connectivity index (χ1v) is 6.92. The van der Waals surface area contributed by atoms with Gasteiger partial charge >= 0.3 is 0 Å². The predicted molar refractivity (Wildman–Crippen MR) is 74.3 cm³/mol. The van der Waals surface area contributed by atoms with E-state index >= 15 is 0 Å². The van der Waals surface area contributed by atoms with Crippen LogP contribution in [0, 0.1) is 5.92 Å². The summed E-state index contributed by atoms with van der Waals surface area (Å²) in [5.41, 5.74) is 6.78. The Labute approximate surface area is 114 Å². The van der Waals surface area contributed by atoms with Gasteiger partial charge in [-0.3, -0.25) is 4.79 Å². The number of aliphatic hydroxyl groups is 1. The van der Waals surface area contributed by atoms with Crippen molar-refractivity contribution >= 4 is 5.91 Å². The van der Waals surface area contributed by atoms with E-state index in [0.717, 1.165) is 31.2 Å². The molecule has 1 amide bonds. The van der Waals surface area contributed by atoms with Crippen molar-refractivity contribution in [2.75, 3.05) is 6.61 Å². The van der Waals surface area contributed by atoms with Crippen molar-refractivity contribution in [2.24, 2.45) is 11.7 Å². The number of carbonyl (C=O) groups excluding carboxylic acids is 1. The summed E-state index contributed by atoms with van der Waals surface area (Å²) in [6.07, 6.45) is 3.51. The quantitative estimate of drug-likeness (QED) is 0.766. The van der Waals surface area contributed by atoms with Crippen molar-refractivity contribution in [3.63, 3.8) is 0 Å². The Balaban J connectivity index is 1.93. The van der Waals surface area contributed by atoms with Crippen LogP contribution in [0.25, 0.3) is 0 Å². The van der Waals surface area contributed by atoms with Gasteiger partial charge in [-0.2, -0.15) is 0 Å².